The molecule has 1 aliphatic rings. The number of benzene rings is 3. The fourth-order valence-electron chi connectivity index (χ4n) is 4.58. The van der Waals surface area contributed by atoms with Gasteiger partial charge in [0.05, 0.1) is 11.3 Å². The van der Waals surface area contributed by atoms with Crippen LogP contribution < -0.4 is 10.6 Å². The van der Waals surface area contributed by atoms with E-state index >= 15 is 0 Å². The van der Waals surface area contributed by atoms with E-state index in [0.29, 0.717) is 6.42 Å². The lowest BCUT2D eigenvalue weighted by molar-refractivity contribution is -0.116. The van der Waals surface area contributed by atoms with Gasteiger partial charge >= 0.3 is 12.1 Å². The molecule has 4 rings (SSSR count). The second-order valence-electron chi connectivity index (χ2n) is 8.56. The van der Waals surface area contributed by atoms with Crippen LogP contribution in [0.1, 0.15) is 53.6 Å². The molecule has 3 aromatic rings. The number of alkyl carbamates (subject to hydrolysis) is 1. The van der Waals surface area contributed by atoms with Crippen molar-refractivity contribution in [1.29, 1.82) is 0 Å². The van der Waals surface area contributed by atoms with E-state index in [9.17, 15) is 19.5 Å². The van der Waals surface area contributed by atoms with Gasteiger partial charge in [0.15, 0.2) is 0 Å². The van der Waals surface area contributed by atoms with Gasteiger partial charge in [0, 0.05) is 18.4 Å². The van der Waals surface area contributed by atoms with Crippen LogP contribution >= 0.6 is 0 Å². The second kappa shape index (κ2) is 10.9. The maximum atomic E-state index is 12.6. The zero-order chi connectivity index (χ0) is 24.8. The number of ether oxygens (including phenoxy) is 1. The topological polar surface area (TPSA) is 105 Å². The van der Waals surface area contributed by atoms with Crippen LogP contribution in [-0.4, -0.2) is 35.7 Å². The molecule has 0 aliphatic heterocycles. The third-order valence-corrected chi connectivity index (χ3v) is 6.17. The fourth-order valence-corrected chi connectivity index (χ4v) is 4.58. The van der Waals surface area contributed by atoms with Crippen molar-refractivity contribution in [1.82, 2.24) is 5.32 Å². The van der Waals surface area contributed by atoms with E-state index in [1.165, 1.54) is 12.1 Å². The minimum Gasteiger partial charge on any atom is -0.478 e. The van der Waals surface area contributed by atoms with E-state index in [1.807, 2.05) is 31.2 Å². The molecular weight excluding hydrogens is 444 g/mol. The number of nitrogens with one attached hydrogen (secondary N) is 2. The molecule has 1 atom stereocenters. The van der Waals surface area contributed by atoms with Crippen molar-refractivity contribution < 1.29 is 24.2 Å². The summed E-state index contributed by atoms with van der Waals surface area (Å²) in [4.78, 5) is 36.6. The zero-order valence-corrected chi connectivity index (χ0v) is 19.5. The van der Waals surface area contributed by atoms with Crippen molar-refractivity contribution in [2.24, 2.45) is 0 Å². The minimum atomic E-state index is -1.12. The summed E-state index contributed by atoms with van der Waals surface area (Å²) in [7, 11) is 0. The first-order valence-electron chi connectivity index (χ1n) is 11.7. The molecule has 0 radical (unpaired) electrons. The van der Waals surface area contributed by atoms with Gasteiger partial charge in [-0.25, -0.2) is 9.59 Å². The molecule has 0 saturated heterocycles. The van der Waals surface area contributed by atoms with Gasteiger partial charge in [-0.15, -0.1) is 0 Å². The number of para-hydroxylation sites is 1. The number of aromatic carboxylic acids is 1. The highest BCUT2D eigenvalue weighted by Crippen LogP contribution is 2.44. The summed E-state index contributed by atoms with van der Waals surface area (Å²) in [6.45, 7) is 2.15. The number of fused-ring (bicyclic) bond motifs is 3. The highest BCUT2D eigenvalue weighted by molar-refractivity contribution is 6.00. The number of hydrogen-bond donors (Lipinski definition) is 3. The molecule has 3 N–H and O–H groups in total. The highest BCUT2D eigenvalue weighted by Gasteiger charge is 2.29. The monoisotopic (exact) mass is 472 g/mol. The lowest BCUT2D eigenvalue weighted by Crippen LogP contribution is -2.38. The van der Waals surface area contributed by atoms with Crippen molar-refractivity contribution in [3.63, 3.8) is 0 Å². The maximum Gasteiger partial charge on any atom is 0.407 e. The van der Waals surface area contributed by atoms with Crippen LogP contribution in [0.3, 0.4) is 0 Å². The largest absolute Gasteiger partial charge is 0.478 e. The third kappa shape index (κ3) is 5.51. The Morgan fingerprint density at radius 2 is 1.51 bits per heavy atom. The molecular formula is C28H28N2O5. The summed E-state index contributed by atoms with van der Waals surface area (Å²) in [5.74, 6) is -1.55. The van der Waals surface area contributed by atoms with Gasteiger partial charge in [-0.05, 0) is 40.8 Å². The summed E-state index contributed by atoms with van der Waals surface area (Å²) in [6.07, 6.45) is 0.765. The Morgan fingerprint density at radius 1 is 0.914 bits per heavy atom. The zero-order valence-electron chi connectivity index (χ0n) is 19.5. The molecule has 0 fully saturated rings. The van der Waals surface area contributed by atoms with Crippen molar-refractivity contribution in [2.75, 3.05) is 11.9 Å². The Kier molecular flexibility index (Phi) is 7.45. The first-order chi connectivity index (χ1) is 17.0. The third-order valence-electron chi connectivity index (χ3n) is 6.17. The number of amides is 2. The molecule has 3 aromatic carbocycles. The average Bonchev–Trinajstić information content (AvgIpc) is 3.17. The smallest absolute Gasteiger partial charge is 0.407 e. The molecule has 0 saturated carbocycles. The molecule has 0 spiro atoms. The molecule has 0 heterocycles. The maximum absolute atomic E-state index is 12.6. The molecule has 35 heavy (non-hydrogen) atoms. The fraction of sp³-hybridized carbons (Fsp3) is 0.250. The second-order valence-corrected chi connectivity index (χ2v) is 8.56. The first kappa shape index (κ1) is 24.0. The van der Waals surface area contributed by atoms with Crippen LogP contribution in [0.25, 0.3) is 11.1 Å². The number of carboxylic acid groups (broad SMARTS) is 1. The Bertz CT molecular complexity index is 1190. The summed E-state index contributed by atoms with van der Waals surface area (Å²) in [6, 6.07) is 22.0. The molecule has 1 aliphatic carbocycles. The van der Waals surface area contributed by atoms with Gasteiger partial charge in [0.2, 0.25) is 5.91 Å². The predicted molar refractivity (Wildman–Crippen MR) is 134 cm³/mol. The Morgan fingerprint density at radius 3 is 2.14 bits per heavy atom. The molecule has 7 heteroatoms. The quantitative estimate of drug-likeness (QED) is 0.386. The van der Waals surface area contributed by atoms with Gasteiger partial charge < -0.3 is 20.5 Å². The predicted octanol–water partition coefficient (Wildman–Crippen LogP) is 5.42. The SMILES string of the molecule is CCC[C@H](CC(=O)Nc1ccccc1C(=O)O)NC(=O)OCC1c2ccccc2-c2ccccc21. The molecule has 0 bridgehead atoms. The number of anilines is 1. The lowest BCUT2D eigenvalue weighted by atomic mass is 9.98. The van der Waals surface area contributed by atoms with Crippen LogP contribution in [0.5, 0.6) is 0 Å². The van der Waals surface area contributed by atoms with Crippen LogP contribution in [0.4, 0.5) is 10.5 Å². The lowest BCUT2D eigenvalue weighted by Gasteiger charge is -2.19. The molecule has 2 amide bonds. The van der Waals surface area contributed by atoms with Gasteiger partial charge in [-0.1, -0.05) is 74.0 Å². The van der Waals surface area contributed by atoms with Crippen molar-refractivity contribution >= 4 is 23.7 Å². The van der Waals surface area contributed by atoms with E-state index in [-0.39, 0.29) is 36.1 Å². The summed E-state index contributed by atoms with van der Waals surface area (Å²) < 4.78 is 5.61. The van der Waals surface area contributed by atoms with Gasteiger partial charge in [-0.2, -0.15) is 0 Å². The van der Waals surface area contributed by atoms with Crippen LogP contribution in [0, 0.1) is 0 Å². The molecule has 0 unspecified atom stereocenters. The first-order valence-corrected chi connectivity index (χ1v) is 11.7. The number of hydrogen-bond acceptors (Lipinski definition) is 4. The summed E-state index contributed by atoms with van der Waals surface area (Å²) >= 11 is 0. The molecule has 180 valence electrons. The Hall–Kier alpha value is -4.13. The van der Waals surface area contributed by atoms with E-state index in [4.69, 9.17) is 4.74 Å². The molecule has 0 aromatic heterocycles. The Balaban J connectivity index is 1.37. The summed E-state index contributed by atoms with van der Waals surface area (Å²) in [5.41, 5.74) is 4.79. The van der Waals surface area contributed by atoms with Gasteiger partial charge in [0.25, 0.3) is 0 Å². The number of carbonyl (C=O) groups excluding carboxylic acids is 2. The minimum absolute atomic E-state index is 0.00594. The van der Waals surface area contributed by atoms with Crippen molar-refractivity contribution in [3.05, 3.63) is 89.5 Å². The summed E-state index contributed by atoms with van der Waals surface area (Å²) in [5, 5.41) is 14.8. The van der Waals surface area contributed by atoms with Crippen molar-refractivity contribution in [3.8, 4) is 11.1 Å². The van der Waals surface area contributed by atoms with E-state index in [1.54, 1.807) is 12.1 Å². The average molecular weight is 473 g/mol. The standard InChI is InChI=1S/C28H28N2O5/c1-2-9-18(16-26(31)30-25-15-8-7-14-23(25)27(32)33)29-28(34)35-17-24-21-12-5-3-10-19(21)20-11-4-6-13-22(20)24/h3-8,10-15,18,24H,2,9,16-17H2,1H3,(H,29,34)(H,30,31)(H,32,33)/t18-/m1/s1. The van der Waals surface area contributed by atoms with E-state index in [2.05, 4.69) is 34.9 Å². The van der Waals surface area contributed by atoms with Gasteiger partial charge in [-0.3, -0.25) is 4.79 Å². The van der Waals surface area contributed by atoms with E-state index < -0.39 is 18.1 Å². The van der Waals surface area contributed by atoms with Gasteiger partial charge in [0.1, 0.15) is 6.61 Å². The highest BCUT2D eigenvalue weighted by atomic mass is 16.5. The van der Waals surface area contributed by atoms with E-state index in [0.717, 1.165) is 28.7 Å². The van der Waals surface area contributed by atoms with Crippen LogP contribution in [0.15, 0.2) is 72.8 Å². The Labute approximate surface area is 204 Å². The van der Waals surface area contributed by atoms with Crippen molar-refractivity contribution in [2.45, 2.75) is 38.1 Å². The normalized spacial score (nSPS) is 12.8. The number of carboxylic acids is 1. The number of rotatable bonds is 9. The number of carbonyl (C=O) groups is 3. The van der Waals surface area contributed by atoms with Crippen LogP contribution in [-0.2, 0) is 9.53 Å². The van der Waals surface area contributed by atoms with Crippen LogP contribution in [0.2, 0.25) is 0 Å². The molecule has 7 nitrogen and oxygen atoms in total.